The molecule has 0 saturated carbocycles. The summed E-state index contributed by atoms with van der Waals surface area (Å²) in [6, 6.07) is 15.7. The Bertz CT molecular complexity index is 883. The van der Waals surface area contributed by atoms with E-state index >= 15 is 0 Å². The van der Waals surface area contributed by atoms with E-state index in [4.69, 9.17) is 4.74 Å². The molecule has 3 rings (SSSR count). The van der Waals surface area contributed by atoms with Crippen LogP contribution in [0.4, 0.5) is 10.1 Å². The lowest BCUT2D eigenvalue weighted by Gasteiger charge is -2.17. The van der Waals surface area contributed by atoms with Crippen LogP contribution >= 0.6 is 27.3 Å². The Morgan fingerprint density at radius 1 is 1.20 bits per heavy atom. The van der Waals surface area contributed by atoms with Crippen LogP contribution in [0, 0.1) is 5.82 Å². The second kappa shape index (κ2) is 7.80. The minimum Gasteiger partial charge on any atom is -0.480 e. The van der Waals surface area contributed by atoms with Crippen molar-refractivity contribution in [3.8, 4) is 16.2 Å². The Labute approximate surface area is 157 Å². The lowest BCUT2D eigenvalue weighted by atomic mass is 10.1. The Hall–Kier alpha value is -2.18. The SMILES string of the molecule is CC(Oc1ccc(F)cc1Br)C(=O)Nc1ccccc1-c1cccs1. The zero-order valence-corrected chi connectivity index (χ0v) is 15.7. The third-order valence-electron chi connectivity index (χ3n) is 3.54. The molecule has 1 unspecified atom stereocenters. The van der Waals surface area contributed by atoms with E-state index in [1.165, 1.54) is 18.2 Å². The average Bonchev–Trinajstić information content (AvgIpc) is 3.12. The molecule has 1 N–H and O–H groups in total. The first-order valence-corrected chi connectivity index (χ1v) is 9.27. The first-order valence-electron chi connectivity index (χ1n) is 7.60. The zero-order chi connectivity index (χ0) is 17.8. The fourth-order valence-corrected chi connectivity index (χ4v) is 3.50. The van der Waals surface area contributed by atoms with Gasteiger partial charge >= 0.3 is 0 Å². The molecular formula is C19H15BrFNO2S. The summed E-state index contributed by atoms with van der Waals surface area (Å²) in [5.41, 5.74) is 1.68. The van der Waals surface area contributed by atoms with Gasteiger partial charge in [-0.25, -0.2) is 4.39 Å². The van der Waals surface area contributed by atoms with Gasteiger partial charge in [-0.1, -0.05) is 24.3 Å². The van der Waals surface area contributed by atoms with Gasteiger partial charge in [-0.3, -0.25) is 4.79 Å². The smallest absolute Gasteiger partial charge is 0.265 e. The van der Waals surface area contributed by atoms with Crippen molar-refractivity contribution < 1.29 is 13.9 Å². The molecule has 0 aliphatic heterocycles. The van der Waals surface area contributed by atoms with Crippen LogP contribution in [0.25, 0.3) is 10.4 Å². The molecule has 0 aliphatic rings. The van der Waals surface area contributed by atoms with Crippen LogP contribution in [0.2, 0.25) is 0 Å². The molecule has 0 saturated heterocycles. The van der Waals surface area contributed by atoms with Gasteiger partial charge in [0, 0.05) is 16.1 Å². The van der Waals surface area contributed by atoms with E-state index < -0.39 is 6.10 Å². The summed E-state index contributed by atoms with van der Waals surface area (Å²) in [6.45, 7) is 1.65. The maximum atomic E-state index is 13.1. The summed E-state index contributed by atoms with van der Waals surface area (Å²) in [5.74, 6) is -0.239. The van der Waals surface area contributed by atoms with Gasteiger partial charge < -0.3 is 10.1 Å². The van der Waals surface area contributed by atoms with E-state index in [0.29, 0.717) is 10.2 Å². The topological polar surface area (TPSA) is 38.3 Å². The van der Waals surface area contributed by atoms with Crippen molar-refractivity contribution in [3.63, 3.8) is 0 Å². The Morgan fingerprint density at radius 2 is 2.00 bits per heavy atom. The van der Waals surface area contributed by atoms with E-state index in [2.05, 4.69) is 21.2 Å². The number of amides is 1. The van der Waals surface area contributed by atoms with Gasteiger partial charge in [0.2, 0.25) is 0 Å². The Balaban J connectivity index is 1.74. The van der Waals surface area contributed by atoms with E-state index in [1.807, 2.05) is 41.8 Å². The van der Waals surface area contributed by atoms with Crippen LogP contribution in [0.5, 0.6) is 5.75 Å². The number of rotatable bonds is 5. The van der Waals surface area contributed by atoms with Gasteiger partial charge in [0.1, 0.15) is 11.6 Å². The number of hydrogen-bond donors (Lipinski definition) is 1. The first kappa shape index (κ1) is 17.6. The van der Waals surface area contributed by atoms with Gasteiger partial charge in [0.05, 0.1) is 4.47 Å². The summed E-state index contributed by atoms with van der Waals surface area (Å²) in [4.78, 5) is 13.6. The normalized spacial score (nSPS) is 11.8. The monoisotopic (exact) mass is 419 g/mol. The molecular weight excluding hydrogens is 405 g/mol. The van der Waals surface area contributed by atoms with Crippen LogP contribution < -0.4 is 10.1 Å². The molecule has 0 bridgehead atoms. The molecule has 128 valence electrons. The highest BCUT2D eigenvalue weighted by Gasteiger charge is 2.18. The van der Waals surface area contributed by atoms with Gasteiger partial charge in [-0.05, 0) is 58.6 Å². The van der Waals surface area contributed by atoms with Gasteiger partial charge in [0.15, 0.2) is 6.10 Å². The number of ether oxygens (including phenoxy) is 1. The van der Waals surface area contributed by atoms with Crippen molar-refractivity contribution in [2.24, 2.45) is 0 Å². The lowest BCUT2D eigenvalue weighted by Crippen LogP contribution is -2.30. The van der Waals surface area contributed by atoms with Gasteiger partial charge in [-0.15, -0.1) is 11.3 Å². The van der Waals surface area contributed by atoms with Crippen molar-refractivity contribution in [3.05, 3.63) is 70.3 Å². The van der Waals surface area contributed by atoms with Crippen LogP contribution in [-0.2, 0) is 4.79 Å². The highest BCUT2D eigenvalue weighted by atomic mass is 79.9. The van der Waals surface area contributed by atoms with Crippen LogP contribution in [0.3, 0.4) is 0 Å². The fourth-order valence-electron chi connectivity index (χ4n) is 2.29. The molecule has 1 heterocycles. The van der Waals surface area contributed by atoms with Crippen LogP contribution in [0.1, 0.15) is 6.92 Å². The number of nitrogens with one attached hydrogen (secondary N) is 1. The minimum atomic E-state index is -0.738. The predicted molar refractivity (Wildman–Crippen MR) is 103 cm³/mol. The van der Waals surface area contributed by atoms with E-state index in [0.717, 1.165) is 16.1 Å². The van der Waals surface area contributed by atoms with Crippen molar-refractivity contribution in [1.29, 1.82) is 0 Å². The Kier molecular flexibility index (Phi) is 5.50. The number of carbonyl (C=O) groups is 1. The molecule has 3 nitrogen and oxygen atoms in total. The second-order valence-corrected chi connectivity index (χ2v) is 7.15. The summed E-state index contributed by atoms with van der Waals surface area (Å²) >= 11 is 4.84. The molecule has 1 atom stereocenters. The summed E-state index contributed by atoms with van der Waals surface area (Å²) in [7, 11) is 0. The van der Waals surface area contributed by atoms with Crippen molar-refractivity contribution in [2.45, 2.75) is 13.0 Å². The minimum absolute atomic E-state index is 0.278. The molecule has 6 heteroatoms. The number of hydrogen-bond acceptors (Lipinski definition) is 3. The Morgan fingerprint density at radius 3 is 2.72 bits per heavy atom. The average molecular weight is 420 g/mol. The largest absolute Gasteiger partial charge is 0.480 e. The summed E-state index contributed by atoms with van der Waals surface area (Å²) in [6.07, 6.45) is -0.738. The number of anilines is 1. The standard InChI is InChI=1S/C19H15BrFNO2S/c1-12(24-17-9-8-13(21)11-15(17)20)19(23)22-16-6-3-2-5-14(16)18-7-4-10-25-18/h2-12H,1H3,(H,22,23). The van der Waals surface area contributed by atoms with Gasteiger partial charge in [-0.2, -0.15) is 0 Å². The molecule has 25 heavy (non-hydrogen) atoms. The van der Waals surface area contributed by atoms with Gasteiger partial charge in [0.25, 0.3) is 5.91 Å². The molecule has 0 fully saturated rings. The van der Waals surface area contributed by atoms with Crippen LogP contribution in [-0.4, -0.2) is 12.0 Å². The number of thiophene rings is 1. The van der Waals surface area contributed by atoms with Crippen molar-refractivity contribution in [1.82, 2.24) is 0 Å². The lowest BCUT2D eigenvalue weighted by molar-refractivity contribution is -0.122. The van der Waals surface area contributed by atoms with E-state index in [-0.39, 0.29) is 11.7 Å². The molecule has 2 aromatic carbocycles. The number of para-hydroxylation sites is 1. The molecule has 1 aromatic heterocycles. The maximum absolute atomic E-state index is 13.1. The van der Waals surface area contributed by atoms with Crippen molar-refractivity contribution in [2.75, 3.05) is 5.32 Å². The molecule has 0 radical (unpaired) electrons. The molecule has 0 spiro atoms. The fraction of sp³-hybridized carbons (Fsp3) is 0.105. The first-order chi connectivity index (χ1) is 12.0. The third-order valence-corrected chi connectivity index (χ3v) is 5.06. The van der Waals surface area contributed by atoms with Crippen molar-refractivity contribution >= 4 is 38.9 Å². The van der Waals surface area contributed by atoms with E-state index in [9.17, 15) is 9.18 Å². The number of carbonyl (C=O) groups excluding carboxylic acids is 1. The highest BCUT2D eigenvalue weighted by Crippen LogP contribution is 2.32. The predicted octanol–water partition coefficient (Wildman–Crippen LogP) is 5.72. The molecule has 0 aliphatic carbocycles. The summed E-state index contributed by atoms with van der Waals surface area (Å²) < 4.78 is 19.3. The van der Waals surface area contributed by atoms with E-state index in [1.54, 1.807) is 18.3 Å². The molecule has 1 amide bonds. The number of benzene rings is 2. The molecule has 3 aromatic rings. The number of halogens is 2. The zero-order valence-electron chi connectivity index (χ0n) is 13.3. The second-order valence-electron chi connectivity index (χ2n) is 5.35. The maximum Gasteiger partial charge on any atom is 0.265 e. The quantitative estimate of drug-likeness (QED) is 0.573. The van der Waals surface area contributed by atoms with Crippen LogP contribution in [0.15, 0.2) is 64.5 Å². The third kappa shape index (κ3) is 4.27. The summed E-state index contributed by atoms with van der Waals surface area (Å²) in [5, 5.41) is 4.89. The highest BCUT2D eigenvalue weighted by molar-refractivity contribution is 9.10.